The van der Waals surface area contributed by atoms with E-state index in [1.807, 2.05) is 0 Å². The van der Waals surface area contributed by atoms with Gasteiger partial charge in [0.2, 0.25) is 0 Å². The fourth-order valence-electron chi connectivity index (χ4n) is 2.00. The quantitative estimate of drug-likeness (QED) is 0.675. The maximum Gasteiger partial charge on any atom is 0.422 e. The molecule has 2 heterocycles. The number of rotatable bonds is 4. The number of aromatic nitrogens is 2. The average molecular weight is 331 g/mol. The minimum atomic E-state index is -4.56. The molecule has 0 bridgehead atoms. The van der Waals surface area contributed by atoms with Crippen LogP contribution in [0, 0.1) is 10.1 Å². The van der Waals surface area contributed by atoms with Gasteiger partial charge in [-0.3, -0.25) is 14.8 Å². The van der Waals surface area contributed by atoms with Crippen molar-refractivity contribution in [2.75, 3.05) is 19.7 Å². The van der Waals surface area contributed by atoms with Crippen molar-refractivity contribution < 1.29 is 22.8 Å². The van der Waals surface area contributed by atoms with Crippen LogP contribution >= 0.6 is 12.4 Å². The van der Waals surface area contributed by atoms with E-state index in [-0.39, 0.29) is 18.4 Å². The average Bonchev–Trinajstić information content (AvgIpc) is 2.81. The summed E-state index contributed by atoms with van der Waals surface area (Å²) in [6.45, 7) is -0.134. The second-order valence-electron chi connectivity index (χ2n) is 4.44. The first kappa shape index (κ1) is 17.5. The Bertz CT molecular complexity index is 488. The van der Waals surface area contributed by atoms with E-state index in [1.165, 1.54) is 4.68 Å². The molecule has 120 valence electrons. The highest BCUT2D eigenvalue weighted by Gasteiger charge is 2.32. The van der Waals surface area contributed by atoms with Gasteiger partial charge in [-0.25, -0.2) is 0 Å². The number of halogens is 4. The smallest absolute Gasteiger partial charge is 0.422 e. The second-order valence-corrected chi connectivity index (χ2v) is 4.44. The van der Waals surface area contributed by atoms with E-state index < -0.39 is 29.3 Å². The van der Waals surface area contributed by atoms with Crippen LogP contribution in [0.15, 0.2) is 6.20 Å². The lowest BCUT2D eigenvalue weighted by atomic mass is 10.1. The van der Waals surface area contributed by atoms with Crippen molar-refractivity contribution in [1.82, 2.24) is 15.1 Å². The fraction of sp³-hybridized carbons (Fsp3) is 0.700. The molecule has 21 heavy (non-hydrogen) atoms. The summed E-state index contributed by atoms with van der Waals surface area (Å²) in [4.78, 5) is 10.0. The Morgan fingerprint density at radius 1 is 1.48 bits per heavy atom. The normalized spacial score (nSPS) is 16.3. The van der Waals surface area contributed by atoms with Crippen molar-refractivity contribution in [2.45, 2.75) is 25.1 Å². The van der Waals surface area contributed by atoms with E-state index >= 15 is 0 Å². The summed E-state index contributed by atoms with van der Waals surface area (Å²) in [5, 5.41) is 17.7. The van der Waals surface area contributed by atoms with E-state index in [4.69, 9.17) is 0 Å². The van der Waals surface area contributed by atoms with Gasteiger partial charge in [0.15, 0.2) is 6.61 Å². The molecule has 0 atom stereocenters. The van der Waals surface area contributed by atoms with Crippen molar-refractivity contribution in [3.63, 3.8) is 0 Å². The lowest BCUT2D eigenvalue weighted by Crippen LogP contribution is -2.29. The standard InChI is InChI=1S/C10H13F3N4O3.ClH/c11-10(12,13)6-20-9-8(17(18)19)5-16(15-9)7-1-3-14-4-2-7;/h5,7,14H,1-4,6H2;1H. The highest BCUT2D eigenvalue weighted by molar-refractivity contribution is 5.85. The molecular weight excluding hydrogens is 317 g/mol. The number of ether oxygens (including phenoxy) is 1. The lowest BCUT2D eigenvalue weighted by molar-refractivity contribution is -0.386. The van der Waals surface area contributed by atoms with Crippen LogP contribution in [0.2, 0.25) is 0 Å². The summed E-state index contributed by atoms with van der Waals surface area (Å²) in [5.41, 5.74) is -0.548. The van der Waals surface area contributed by atoms with Gasteiger partial charge in [-0.1, -0.05) is 0 Å². The molecule has 0 radical (unpaired) electrons. The molecule has 1 fully saturated rings. The third-order valence-corrected chi connectivity index (χ3v) is 2.93. The van der Waals surface area contributed by atoms with Gasteiger partial charge >= 0.3 is 17.7 Å². The molecule has 1 aliphatic heterocycles. The highest BCUT2D eigenvalue weighted by Crippen LogP contribution is 2.30. The first-order valence-electron chi connectivity index (χ1n) is 6.00. The third-order valence-electron chi connectivity index (χ3n) is 2.93. The molecule has 0 spiro atoms. The maximum absolute atomic E-state index is 12.1. The zero-order valence-electron chi connectivity index (χ0n) is 10.8. The molecule has 11 heteroatoms. The zero-order valence-corrected chi connectivity index (χ0v) is 11.6. The van der Waals surface area contributed by atoms with Gasteiger partial charge in [-0.15, -0.1) is 17.5 Å². The molecule has 1 aromatic heterocycles. The number of nitro groups is 1. The molecule has 2 rings (SSSR count). The Hall–Kier alpha value is -1.55. The van der Waals surface area contributed by atoms with Crippen molar-refractivity contribution in [2.24, 2.45) is 0 Å². The largest absolute Gasteiger partial charge is 0.462 e. The summed E-state index contributed by atoms with van der Waals surface area (Å²) in [6.07, 6.45) is -2.02. The van der Waals surface area contributed by atoms with Crippen molar-refractivity contribution >= 4 is 18.1 Å². The van der Waals surface area contributed by atoms with E-state index in [1.54, 1.807) is 0 Å². The predicted octanol–water partition coefficient (Wildman–Crippen LogP) is 2.08. The minimum Gasteiger partial charge on any atom is -0.462 e. The third kappa shape index (κ3) is 4.74. The lowest BCUT2D eigenvalue weighted by Gasteiger charge is -2.22. The second kappa shape index (κ2) is 6.94. The molecule has 0 saturated carbocycles. The molecule has 0 unspecified atom stereocenters. The van der Waals surface area contributed by atoms with E-state index in [9.17, 15) is 23.3 Å². The molecule has 1 N–H and O–H groups in total. The van der Waals surface area contributed by atoms with Crippen LogP contribution in [-0.2, 0) is 0 Å². The van der Waals surface area contributed by atoms with Crippen LogP contribution in [0.5, 0.6) is 5.88 Å². The van der Waals surface area contributed by atoms with Crippen LogP contribution in [0.25, 0.3) is 0 Å². The molecule has 0 aliphatic carbocycles. The SMILES string of the molecule is Cl.O=[N+]([O-])c1cn(C2CCNCC2)nc1OCC(F)(F)F. The number of hydrogen-bond donors (Lipinski definition) is 1. The molecular formula is C10H14ClF3N4O3. The monoisotopic (exact) mass is 330 g/mol. The summed E-state index contributed by atoms with van der Waals surface area (Å²) in [7, 11) is 0. The number of hydrogen-bond acceptors (Lipinski definition) is 5. The van der Waals surface area contributed by atoms with Gasteiger partial charge in [-0.05, 0) is 25.9 Å². The Kier molecular flexibility index (Phi) is 5.78. The molecule has 0 amide bonds. The van der Waals surface area contributed by atoms with Crippen LogP contribution in [0.4, 0.5) is 18.9 Å². The Labute approximate surface area is 124 Å². The van der Waals surface area contributed by atoms with Crippen molar-refractivity contribution in [3.05, 3.63) is 16.3 Å². The topological polar surface area (TPSA) is 82.2 Å². The van der Waals surface area contributed by atoms with E-state index in [2.05, 4.69) is 15.2 Å². The number of nitrogens with one attached hydrogen (secondary N) is 1. The van der Waals surface area contributed by atoms with Crippen molar-refractivity contribution in [3.8, 4) is 5.88 Å². The number of piperidine rings is 1. The zero-order chi connectivity index (χ0) is 14.8. The van der Waals surface area contributed by atoms with Gasteiger partial charge in [-0.2, -0.15) is 13.2 Å². The maximum atomic E-state index is 12.1. The number of alkyl halides is 3. The van der Waals surface area contributed by atoms with Gasteiger partial charge in [0, 0.05) is 0 Å². The van der Waals surface area contributed by atoms with Crippen LogP contribution in [0.1, 0.15) is 18.9 Å². The fourth-order valence-corrected chi connectivity index (χ4v) is 2.00. The Morgan fingerprint density at radius 2 is 2.10 bits per heavy atom. The Balaban J connectivity index is 0.00000220. The van der Waals surface area contributed by atoms with Gasteiger partial charge in [0.1, 0.15) is 6.20 Å². The minimum absolute atomic E-state index is 0. The van der Waals surface area contributed by atoms with Crippen LogP contribution in [-0.4, -0.2) is 40.6 Å². The van der Waals surface area contributed by atoms with Crippen LogP contribution < -0.4 is 10.1 Å². The van der Waals surface area contributed by atoms with E-state index in [0.29, 0.717) is 12.8 Å². The van der Waals surface area contributed by atoms with Gasteiger partial charge in [0.05, 0.1) is 11.0 Å². The first-order valence-corrected chi connectivity index (χ1v) is 6.00. The van der Waals surface area contributed by atoms with Crippen molar-refractivity contribution in [1.29, 1.82) is 0 Å². The van der Waals surface area contributed by atoms with E-state index in [0.717, 1.165) is 19.3 Å². The van der Waals surface area contributed by atoms with Gasteiger partial charge in [0.25, 0.3) is 0 Å². The summed E-state index contributed by atoms with van der Waals surface area (Å²) >= 11 is 0. The molecule has 1 aromatic rings. The summed E-state index contributed by atoms with van der Waals surface area (Å²) < 4.78 is 42.0. The molecule has 0 aromatic carbocycles. The van der Waals surface area contributed by atoms with Gasteiger partial charge < -0.3 is 10.1 Å². The Morgan fingerprint density at radius 3 is 2.62 bits per heavy atom. The molecule has 1 aliphatic rings. The molecule has 1 saturated heterocycles. The summed E-state index contributed by atoms with van der Waals surface area (Å²) in [6, 6.07) is -0.0711. The van der Waals surface area contributed by atoms with Crippen LogP contribution in [0.3, 0.4) is 0 Å². The molecule has 7 nitrogen and oxygen atoms in total. The predicted molar refractivity (Wildman–Crippen MR) is 68.8 cm³/mol. The number of nitrogens with zero attached hydrogens (tertiary/aromatic N) is 3. The highest BCUT2D eigenvalue weighted by atomic mass is 35.5. The summed E-state index contributed by atoms with van der Waals surface area (Å²) in [5.74, 6) is -0.592. The first-order chi connectivity index (χ1) is 9.37.